The van der Waals surface area contributed by atoms with Crippen LogP contribution in [0, 0.1) is 11.8 Å². The second-order valence-electron chi connectivity index (χ2n) is 4.56. The van der Waals surface area contributed by atoms with E-state index in [1.807, 2.05) is 6.92 Å². The fraction of sp³-hybridized carbons (Fsp3) is 0.909. The molecule has 0 aromatic heterocycles. The van der Waals surface area contributed by atoms with Crippen molar-refractivity contribution in [2.75, 3.05) is 13.6 Å². The first-order valence-electron chi connectivity index (χ1n) is 5.47. The number of Topliss-reactive ketones (excluding diaryl/α,β-unsaturated/α-hetero) is 1. The minimum absolute atomic E-state index is 0.262. The van der Waals surface area contributed by atoms with Crippen molar-refractivity contribution < 1.29 is 4.79 Å². The van der Waals surface area contributed by atoms with Gasteiger partial charge in [-0.3, -0.25) is 9.69 Å². The molecule has 1 saturated carbocycles. The van der Waals surface area contributed by atoms with Gasteiger partial charge in [-0.05, 0) is 31.7 Å². The quantitative estimate of drug-likeness (QED) is 0.646. The third-order valence-electron chi connectivity index (χ3n) is 3.80. The second-order valence-corrected chi connectivity index (χ2v) is 4.56. The van der Waals surface area contributed by atoms with Gasteiger partial charge in [-0.25, -0.2) is 0 Å². The molecule has 2 nitrogen and oxygen atoms in total. The van der Waals surface area contributed by atoms with Crippen LogP contribution in [0.15, 0.2) is 0 Å². The molecule has 0 spiro atoms. The normalized spacial score (nSPS) is 39.4. The standard InChI is InChI=1S/C11H19NO/c1-3-10(13)11-9-6-4-5-8(9)7-12(11)2/h8-9,11H,3-7H2,1-2H3. The van der Waals surface area contributed by atoms with Crippen molar-refractivity contribution in [3.8, 4) is 0 Å². The maximum absolute atomic E-state index is 11.7. The van der Waals surface area contributed by atoms with E-state index in [1.54, 1.807) is 0 Å². The van der Waals surface area contributed by atoms with E-state index in [-0.39, 0.29) is 6.04 Å². The smallest absolute Gasteiger partial charge is 0.149 e. The van der Waals surface area contributed by atoms with Gasteiger partial charge >= 0.3 is 0 Å². The molecular formula is C11H19NO. The third kappa shape index (κ3) is 1.41. The Kier molecular flexibility index (Phi) is 2.41. The number of ketones is 1. The Morgan fingerprint density at radius 2 is 2.23 bits per heavy atom. The van der Waals surface area contributed by atoms with Crippen LogP contribution in [0.4, 0.5) is 0 Å². The molecular weight excluding hydrogens is 162 g/mol. The molecule has 0 aromatic carbocycles. The van der Waals surface area contributed by atoms with Crippen LogP contribution in [0.2, 0.25) is 0 Å². The summed E-state index contributed by atoms with van der Waals surface area (Å²) < 4.78 is 0. The summed E-state index contributed by atoms with van der Waals surface area (Å²) in [6, 6.07) is 0.262. The fourth-order valence-electron chi connectivity index (χ4n) is 3.21. The van der Waals surface area contributed by atoms with E-state index >= 15 is 0 Å². The van der Waals surface area contributed by atoms with E-state index in [4.69, 9.17) is 0 Å². The van der Waals surface area contributed by atoms with Crippen LogP contribution in [0.1, 0.15) is 32.6 Å². The molecule has 3 unspecified atom stereocenters. The summed E-state index contributed by atoms with van der Waals surface area (Å²) in [7, 11) is 2.11. The van der Waals surface area contributed by atoms with Crippen molar-refractivity contribution in [3.05, 3.63) is 0 Å². The van der Waals surface area contributed by atoms with Crippen molar-refractivity contribution in [1.82, 2.24) is 4.90 Å². The number of carbonyl (C=O) groups is 1. The highest BCUT2D eigenvalue weighted by atomic mass is 16.1. The van der Waals surface area contributed by atoms with Gasteiger partial charge in [0.25, 0.3) is 0 Å². The molecule has 0 radical (unpaired) electrons. The number of hydrogen-bond donors (Lipinski definition) is 0. The van der Waals surface area contributed by atoms with E-state index in [0.29, 0.717) is 18.1 Å². The van der Waals surface area contributed by atoms with Crippen LogP contribution < -0.4 is 0 Å². The van der Waals surface area contributed by atoms with Crippen molar-refractivity contribution in [2.45, 2.75) is 38.6 Å². The summed E-state index contributed by atoms with van der Waals surface area (Å²) in [6.07, 6.45) is 4.68. The van der Waals surface area contributed by atoms with E-state index in [2.05, 4.69) is 11.9 Å². The van der Waals surface area contributed by atoms with Crippen molar-refractivity contribution in [2.24, 2.45) is 11.8 Å². The zero-order chi connectivity index (χ0) is 9.42. The van der Waals surface area contributed by atoms with Crippen molar-refractivity contribution in [1.29, 1.82) is 0 Å². The first-order chi connectivity index (χ1) is 6.24. The molecule has 2 fully saturated rings. The van der Waals surface area contributed by atoms with Gasteiger partial charge in [0.15, 0.2) is 0 Å². The second kappa shape index (κ2) is 3.41. The van der Waals surface area contributed by atoms with Crippen LogP contribution in [-0.4, -0.2) is 30.3 Å². The highest BCUT2D eigenvalue weighted by Gasteiger charge is 2.44. The molecule has 2 aliphatic rings. The van der Waals surface area contributed by atoms with Gasteiger partial charge in [-0.15, -0.1) is 0 Å². The largest absolute Gasteiger partial charge is 0.298 e. The van der Waals surface area contributed by atoms with E-state index < -0.39 is 0 Å². The number of carbonyl (C=O) groups excluding carboxylic acids is 1. The maximum Gasteiger partial charge on any atom is 0.149 e. The van der Waals surface area contributed by atoms with E-state index in [9.17, 15) is 4.79 Å². The van der Waals surface area contributed by atoms with Crippen molar-refractivity contribution >= 4 is 5.78 Å². The van der Waals surface area contributed by atoms with Crippen LogP contribution >= 0.6 is 0 Å². The zero-order valence-electron chi connectivity index (χ0n) is 8.62. The van der Waals surface area contributed by atoms with Gasteiger partial charge in [-0.2, -0.15) is 0 Å². The highest BCUT2D eigenvalue weighted by Crippen LogP contribution is 2.41. The van der Waals surface area contributed by atoms with Gasteiger partial charge in [-0.1, -0.05) is 13.3 Å². The number of nitrogens with zero attached hydrogens (tertiary/aromatic N) is 1. The SMILES string of the molecule is CCC(=O)C1C2CCCC2CN1C. The Labute approximate surface area is 80.3 Å². The molecule has 2 heteroatoms. The predicted molar refractivity (Wildman–Crippen MR) is 52.5 cm³/mol. The Hall–Kier alpha value is -0.370. The van der Waals surface area contributed by atoms with Crippen LogP contribution in [0.3, 0.4) is 0 Å². The lowest BCUT2D eigenvalue weighted by Crippen LogP contribution is -2.36. The number of likely N-dealkylation sites (tertiary alicyclic amines) is 1. The molecule has 2 rings (SSSR count). The Morgan fingerprint density at radius 1 is 1.46 bits per heavy atom. The summed E-state index contributed by atoms with van der Waals surface area (Å²) in [5, 5.41) is 0. The molecule has 0 amide bonds. The summed E-state index contributed by atoms with van der Waals surface area (Å²) in [6.45, 7) is 3.14. The van der Waals surface area contributed by atoms with Gasteiger partial charge in [0.2, 0.25) is 0 Å². The Balaban J connectivity index is 2.12. The molecule has 1 aliphatic heterocycles. The average molecular weight is 181 g/mol. The summed E-state index contributed by atoms with van der Waals surface area (Å²) >= 11 is 0. The zero-order valence-corrected chi connectivity index (χ0v) is 8.62. The molecule has 0 aromatic rings. The number of hydrogen-bond acceptors (Lipinski definition) is 2. The first kappa shape index (κ1) is 9.20. The highest BCUT2D eigenvalue weighted by molar-refractivity contribution is 5.84. The molecule has 1 heterocycles. The first-order valence-corrected chi connectivity index (χ1v) is 5.47. The summed E-state index contributed by atoms with van der Waals surface area (Å²) in [5.41, 5.74) is 0. The van der Waals surface area contributed by atoms with Crippen LogP contribution in [0.25, 0.3) is 0 Å². The molecule has 1 aliphatic carbocycles. The molecule has 0 bridgehead atoms. The maximum atomic E-state index is 11.7. The monoisotopic (exact) mass is 181 g/mol. The topological polar surface area (TPSA) is 20.3 Å². The lowest BCUT2D eigenvalue weighted by atomic mass is 9.91. The molecule has 74 valence electrons. The summed E-state index contributed by atoms with van der Waals surface area (Å²) in [4.78, 5) is 14.0. The summed E-state index contributed by atoms with van der Waals surface area (Å²) in [5.74, 6) is 1.97. The van der Waals surface area contributed by atoms with Crippen LogP contribution in [-0.2, 0) is 4.79 Å². The lowest BCUT2D eigenvalue weighted by Gasteiger charge is -2.22. The minimum Gasteiger partial charge on any atom is -0.298 e. The van der Waals surface area contributed by atoms with Gasteiger partial charge in [0.1, 0.15) is 5.78 Å². The molecule has 0 N–H and O–H groups in total. The number of fused-ring (bicyclic) bond motifs is 1. The molecule has 1 saturated heterocycles. The lowest BCUT2D eigenvalue weighted by molar-refractivity contribution is -0.123. The average Bonchev–Trinajstić information content (AvgIpc) is 2.62. The fourth-order valence-corrected chi connectivity index (χ4v) is 3.21. The minimum atomic E-state index is 0.262. The van der Waals surface area contributed by atoms with Gasteiger partial charge < -0.3 is 0 Å². The molecule has 3 atom stereocenters. The third-order valence-corrected chi connectivity index (χ3v) is 3.80. The Morgan fingerprint density at radius 3 is 2.92 bits per heavy atom. The number of rotatable bonds is 2. The van der Waals surface area contributed by atoms with Gasteiger partial charge in [0, 0.05) is 13.0 Å². The Bertz CT molecular complexity index is 214. The van der Waals surface area contributed by atoms with Gasteiger partial charge in [0.05, 0.1) is 6.04 Å². The van der Waals surface area contributed by atoms with Crippen LogP contribution in [0.5, 0.6) is 0 Å². The number of likely N-dealkylation sites (N-methyl/N-ethyl adjacent to an activating group) is 1. The van der Waals surface area contributed by atoms with E-state index in [1.165, 1.54) is 19.3 Å². The predicted octanol–water partition coefficient (Wildman–Crippen LogP) is 1.70. The van der Waals surface area contributed by atoms with E-state index in [0.717, 1.165) is 12.5 Å². The molecule has 13 heavy (non-hydrogen) atoms. The van der Waals surface area contributed by atoms with Crippen molar-refractivity contribution in [3.63, 3.8) is 0 Å².